The smallest absolute Gasteiger partial charge is 0.187 e. The second-order valence-electron chi connectivity index (χ2n) is 8.20. The van der Waals surface area contributed by atoms with Gasteiger partial charge in [0.2, 0.25) is 0 Å². The summed E-state index contributed by atoms with van der Waals surface area (Å²) in [5.74, 6) is 0. The third-order valence-electron chi connectivity index (χ3n) is 5.91. The van der Waals surface area contributed by atoms with Crippen LogP contribution in [0.4, 0.5) is 0 Å². The highest BCUT2D eigenvalue weighted by Crippen LogP contribution is 2.31. The first-order valence-corrected chi connectivity index (χ1v) is 10.2. The molecule has 8 N–H and O–H groups in total. The number of hydrogen-bond donors (Lipinski definition) is 8. The lowest BCUT2D eigenvalue weighted by Crippen LogP contribution is -2.64. The minimum atomic E-state index is -1.65. The molecule has 0 radical (unpaired) electrons. The third kappa shape index (κ3) is 5.19. The van der Waals surface area contributed by atoms with Gasteiger partial charge in [0.15, 0.2) is 18.9 Å². The highest BCUT2D eigenvalue weighted by molar-refractivity contribution is 4.93. The SMILES string of the molecule is C[C@@H]1O[C@@H](O[C@@H]2[C@@H](O)[C@H](C)O[C@@H](O[C@@H]3C[C@@H](O)[C@@H](CO)O[C@@H]3O)[C@@H]2O)[C@H](O)[C@H](O)[C@H]1O. The zero-order valence-corrected chi connectivity index (χ0v) is 17.1. The van der Waals surface area contributed by atoms with E-state index in [-0.39, 0.29) is 6.42 Å². The maximum absolute atomic E-state index is 10.7. The van der Waals surface area contributed by atoms with Crippen LogP contribution in [0.15, 0.2) is 0 Å². The molecule has 0 spiro atoms. The van der Waals surface area contributed by atoms with Crippen molar-refractivity contribution in [3.8, 4) is 0 Å². The van der Waals surface area contributed by atoms with Gasteiger partial charge in [-0.3, -0.25) is 0 Å². The molecule has 14 atom stereocenters. The Labute approximate surface area is 178 Å². The zero-order valence-electron chi connectivity index (χ0n) is 17.1. The van der Waals surface area contributed by atoms with Crippen molar-refractivity contribution in [2.75, 3.05) is 6.61 Å². The zero-order chi connectivity index (χ0) is 23.0. The highest BCUT2D eigenvalue weighted by atomic mass is 16.7. The molecule has 3 saturated heterocycles. The van der Waals surface area contributed by atoms with E-state index in [9.17, 15) is 35.7 Å². The minimum absolute atomic E-state index is 0.118. The number of aliphatic hydroxyl groups excluding tert-OH is 8. The molecule has 182 valence electrons. The fraction of sp³-hybridized carbons (Fsp3) is 1.00. The third-order valence-corrected chi connectivity index (χ3v) is 5.91. The molecular weight excluding hydrogens is 424 g/mol. The van der Waals surface area contributed by atoms with E-state index in [0.29, 0.717) is 0 Å². The number of ether oxygens (including phenoxy) is 5. The average molecular weight is 456 g/mol. The van der Waals surface area contributed by atoms with Gasteiger partial charge in [-0.25, -0.2) is 0 Å². The first kappa shape index (κ1) is 25.1. The van der Waals surface area contributed by atoms with Crippen LogP contribution < -0.4 is 0 Å². The van der Waals surface area contributed by atoms with Crippen molar-refractivity contribution >= 4 is 0 Å². The Morgan fingerprint density at radius 2 is 1.29 bits per heavy atom. The quantitative estimate of drug-likeness (QED) is 0.196. The van der Waals surface area contributed by atoms with E-state index >= 15 is 0 Å². The van der Waals surface area contributed by atoms with Crippen LogP contribution in [0, 0.1) is 0 Å². The number of rotatable bonds is 5. The van der Waals surface area contributed by atoms with Crippen LogP contribution in [0.5, 0.6) is 0 Å². The highest BCUT2D eigenvalue weighted by Gasteiger charge is 2.50. The van der Waals surface area contributed by atoms with E-state index in [1.165, 1.54) is 13.8 Å². The summed E-state index contributed by atoms with van der Waals surface area (Å²) in [5, 5.41) is 80.2. The average Bonchev–Trinajstić information content (AvgIpc) is 2.73. The van der Waals surface area contributed by atoms with Gasteiger partial charge in [-0.15, -0.1) is 0 Å². The van der Waals surface area contributed by atoms with Gasteiger partial charge in [0.05, 0.1) is 24.9 Å². The van der Waals surface area contributed by atoms with Crippen LogP contribution in [0.2, 0.25) is 0 Å². The summed E-state index contributed by atoms with van der Waals surface area (Å²) >= 11 is 0. The summed E-state index contributed by atoms with van der Waals surface area (Å²) in [7, 11) is 0. The van der Waals surface area contributed by atoms with Gasteiger partial charge < -0.3 is 64.5 Å². The lowest BCUT2D eigenvalue weighted by molar-refractivity contribution is -0.370. The summed E-state index contributed by atoms with van der Waals surface area (Å²) in [6, 6.07) is 0. The van der Waals surface area contributed by atoms with Crippen LogP contribution in [-0.2, 0) is 23.7 Å². The van der Waals surface area contributed by atoms with E-state index in [1.807, 2.05) is 0 Å². The van der Waals surface area contributed by atoms with Crippen molar-refractivity contribution in [3.63, 3.8) is 0 Å². The molecule has 3 aliphatic heterocycles. The predicted octanol–water partition coefficient (Wildman–Crippen LogP) is -4.49. The Hall–Kier alpha value is -0.520. The van der Waals surface area contributed by atoms with E-state index in [1.54, 1.807) is 0 Å². The molecule has 3 rings (SSSR count). The molecule has 13 nitrogen and oxygen atoms in total. The summed E-state index contributed by atoms with van der Waals surface area (Å²) in [6.45, 7) is 2.43. The summed E-state index contributed by atoms with van der Waals surface area (Å²) in [6.07, 6.45) is -18.5. The van der Waals surface area contributed by atoms with Crippen molar-refractivity contribution in [2.45, 2.75) is 106 Å². The largest absolute Gasteiger partial charge is 0.394 e. The second-order valence-corrected chi connectivity index (χ2v) is 8.20. The molecule has 0 amide bonds. The fourth-order valence-corrected chi connectivity index (χ4v) is 3.87. The van der Waals surface area contributed by atoms with Crippen LogP contribution in [-0.4, -0.2) is 133 Å². The molecule has 3 heterocycles. The van der Waals surface area contributed by atoms with E-state index in [2.05, 4.69) is 0 Å². The molecule has 3 aliphatic rings. The Bertz CT molecular complexity index is 581. The molecule has 31 heavy (non-hydrogen) atoms. The molecule has 0 aromatic carbocycles. The minimum Gasteiger partial charge on any atom is -0.394 e. The topological polar surface area (TPSA) is 208 Å². The maximum atomic E-state index is 10.7. The van der Waals surface area contributed by atoms with Gasteiger partial charge in [0.25, 0.3) is 0 Å². The van der Waals surface area contributed by atoms with Gasteiger partial charge in [-0.2, -0.15) is 0 Å². The normalized spacial score (nSPS) is 54.0. The molecule has 13 heteroatoms. The monoisotopic (exact) mass is 456 g/mol. The molecule has 0 bridgehead atoms. The maximum Gasteiger partial charge on any atom is 0.187 e. The number of hydrogen-bond acceptors (Lipinski definition) is 13. The molecule has 0 aliphatic carbocycles. The Balaban J connectivity index is 1.68. The van der Waals surface area contributed by atoms with Crippen molar-refractivity contribution in [1.29, 1.82) is 0 Å². The Morgan fingerprint density at radius 3 is 1.90 bits per heavy atom. The van der Waals surface area contributed by atoms with Crippen LogP contribution in [0.3, 0.4) is 0 Å². The summed E-state index contributed by atoms with van der Waals surface area (Å²) < 4.78 is 27.0. The molecule has 0 unspecified atom stereocenters. The summed E-state index contributed by atoms with van der Waals surface area (Å²) in [5.41, 5.74) is 0. The van der Waals surface area contributed by atoms with Crippen molar-refractivity contribution in [3.05, 3.63) is 0 Å². The Kier molecular flexibility index (Phi) is 8.24. The van der Waals surface area contributed by atoms with Gasteiger partial charge in [0, 0.05) is 6.42 Å². The standard InChI is InChI=1S/C18H32O13/c1-5-10(21)12(23)13(24)17(27-5)31-15-11(22)6(2)28-18(14(15)25)30-8-3-7(20)9(4-19)29-16(8)26/h5-26H,3-4H2,1-2H3/t5-,6-,7+,8+,9+,10-,11-,12+,13+,14+,15+,16-,17-,18-/m0/s1. The first-order valence-electron chi connectivity index (χ1n) is 10.2. The van der Waals surface area contributed by atoms with Crippen LogP contribution in [0.1, 0.15) is 20.3 Å². The van der Waals surface area contributed by atoms with Crippen molar-refractivity contribution < 1.29 is 64.5 Å². The lowest BCUT2D eigenvalue weighted by atomic mass is 9.97. The van der Waals surface area contributed by atoms with Crippen molar-refractivity contribution in [1.82, 2.24) is 0 Å². The van der Waals surface area contributed by atoms with Crippen molar-refractivity contribution in [2.24, 2.45) is 0 Å². The second kappa shape index (κ2) is 10.2. The molecular formula is C18H32O13. The molecule has 0 aromatic heterocycles. The van der Waals surface area contributed by atoms with Gasteiger partial charge in [-0.05, 0) is 13.8 Å². The van der Waals surface area contributed by atoms with E-state index in [0.717, 1.165) is 0 Å². The predicted molar refractivity (Wildman–Crippen MR) is 97.0 cm³/mol. The molecule has 0 aromatic rings. The van der Waals surface area contributed by atoms with E-state index in [4.69, 9.17) is 28.8 Å². The molecule has 3 fully saturated rings. The first-order chi connectivity index (χ1) is 14.5. The Morgan fingerprint density at radius 1 is 0.710 bits per heavy atom. The fourth-order valence-electron chi connectivity index (χ4n) is 3.87. The molecule has 0 saturated carbocycles. The van der Waals surface area contributed by atoms with Crippen LogP contribution in [0.25, 0.3) is 0 Å². The number of aliphatic hydroxyl groups is 8. The van der Waals surface area contributed by atoms with Gasteiger partial charge in [-0.1, -0.05) is 0 Å². The summed E-state index contributed by atoms with van der Waals surface area (Å²) in [4.78, 5) is 0. The van der Waals surface area contributed by atoms with Gasteiger partial charge >= 0.3 is 0 Å². The lowest BCUT2D eigenvalue weighted by Gasteiger charge is -2.46. The van der Waals surface area contributed by atoms with Crippen LogP contribution >= 0.6 is 0 Å². The van der Waals surface area contributed by atoms with Gasteiger partial charge in [0.1, 0.15) is 48.8 Å². The van der Waals surface area contributed by atoms with E-state index < -0.39 is 92.6 Å².